The molecule has 2 atom stereocenters. The largest absolute Gasteiger partial charge is 0.347 e. The van der Waals surface area contributed by atoms with Crippen molar-refractivity contribution in [2.24, 2.45) is 0 Å². The predicted octanol–water partition coefficient (Wildman–Crippen LogP) is 2.49. The number of nitrogens with zero attached hydrogens (tertiary/aromatic N) is 1. The molecule has 0 N–H and O–H groups in total. The van der Waals surface area contributed by atoms with Crippen LogP contribution in [0.2, 0.25) is 0 Å². The van der Waals surface area contributed by atoms with Crippen LogP contribution in [0.3, 0.4) is 0 Å². The Bertz CT molecular complexity index is 631. The highest BCUT2D eigenvalue weighted by molar-refractivity contribution is 7.92. The fourth-order valence-corrected chi connectivity index (χ4v) is 4.73. The average Bonchev–Trinajstić information content (AvgIpc) is 2.82. The lowest BCUT2D eigenvalue weighted by Gasteiger charge is -2.15. The molecule has 112 valence electrons. The number of halogens is 1. The molecule has 0 radical (unpaired) electrons. The lowest BCUT2D eigenvalue weighted by Crippen LogP contribution is -2.23. The molecule has 2 heterocycles. The highest BCUT2D eigenvalue weighted by Gasteiger charge is 2.32. The topological polar surface area (TPSA) is 56.1 Å². The quantitative estimate of drug-likeness (QED) is 0.633. The van der Waals surface area contributed by atoms with E-state index in [9.17, 15) is 13.2 Å². The smallest absolute Gasteiger partial charge is 0.182 e. The van der Waals surface area contributed by atoms with Crippen LogP contribution in [-0.2, 0) is 16.4 Å². The van der Waals surface area contributed by atoms with Crippen molar-refractivity contribution in [3.05, 3.63) is 23.0 Å². The minimum Gasteiger partial charge on any atom is -0.347 e. The van der Waals surface area contributed by atoms with Crippen LogP contribution in [0, 0.1) is 13.8 Å². The van der Waals surface area contributed by atoms with E-state index in [0.717, 1.165) is 17.8 Å². The Labute approximate surface area is 125 Å². The lowest BCUT2D eigenvalue weighted by atomic mass is 10.1. The summed E-state index contributed by atoms with van der Waals surface area (Å²) in [6, 6.07) is 1.80. The van der Waals surface area contributed by atoms with Crippen molar-refractivity contribution < 1.29 is 13.2 Å². The summed E-state index contributed by atoms with van der Waals surface area (Å²) >= 11 is 5.86. The van der Waals surface area contributed by atoms with E-state index in [4.69, 9.17) is 11.6 Å². The van der Waals surface area contributed by atoms with Gasteiger partial charge in [0.15, 0.2) is 15.6 Å². The van der Waals surface area contributed by atoms with E-state index < -0.39 is 15.2 Å². The number of ketones is 1. The van der Waals surface area contributed by atoms with Crippen LogP contribution in [0.25, 0.3) is 0 Å². The molecule has 1 saturated heterocycles. The van der Waals surface area contributed by atoms with Crippen molar-refractivity contribution in [2.45, 2.75) is 50.8 Å². The van der Waals surface area contributed by atoms with Gasteiger partial charge in [0.05, 0.1) is 16.4 Å². The van der Waals surface area contributed by atoms with Gasteiger partial charge in [0.2, 0.25) is 0 Å². The maximum Gasteiger partial charge on any atom is 0.182 e. The zero-order valence-electron chi connectivity index (χ0n) is 12.0. The molecule has 2 rings (SSSR count). The van der Waals surface area contributed by atoms with Gasteiger partial charge < -0.3 is 4.57 Å². The number of sulfone groups is 1. The summed E-state index contributed by atoms with van der Waals surface area (Å²) in [5.41, 5.74) is 2.31. The number of Topliss-reactive ketones (excluding diaryl/α,β-unsaturated/α-hetero) is 1. The van der Waals surface area contributed by atoms with Crippen molar-refractivity contribution in [1.82, 2.24) is 4.57 Å². The Kier molecular flexibility index (Phi) is 4.30. The Morgan fingerprint density at radius 3 is 2.65 bits per heavy atom. The number of aromatic nitrogens is 1. The first-order chi connectivity index (χ1) is 9.24. The predicted molar refractivity (Wildman–Crippen MR) is 80.4 cm³/mol. The molecular formula is C14H20ClNO3S. The van der Waals surface area contributed by atoms with Crippen molar-refractivity contribution in [1.29, 1.82) is 0 Å². The molecule has 1 aliphatic heterocycles. The second-order valence-electron chi connectivity index (χ2n) is 5.51. The SMILES string of the molecule is Cc1cc(C(=O)C(C)Cl)c(C)n1CC1CCCS1(=O)=O. The molecule has 0 amide bonds. The molecule has 0 saturated carbocycles. The molecule has 6 heteroatoms. The fourth-order valence-electron chi connectivity index (χ4n) is 2.81. The van der Waals surface area contributed by atoms with Gasteiger partial charge in [-0.25, -0.2) is 8.42 Å². The molecule has 1 aliphatic rings. The molecule has 1 aromatic rings. The molecule has 1 fully saturated rings. The third-order valence-corrected chi connectivity index (χ3v) is 6.51. The number of aryl methyl sites for hydroxylation is 1. The molecule has 0 spiro atoms. The zero-order chi connectivity index (χ0) is 15.1. The van der Waals surface area contributed by atoms with Gasteiger partial charge in [-0.3, -0.25) is 4.79 Å². The van der Waals surface area contributed by atoms with Gasteiger partial charge in [0.1, 0.15) is 0 Å². The van der Waals surface area contributed by atoms with Crippen LogP contribution in [-0.4, -0.2) is 35.1 Å². The molecule has 4 nitrogen and oxygen atoms in total. The first-order valence-electron chi connectivity index (χ1n) is 6.80. The van der Waals surface area contributed by atoms with E-state index in [1.807, 2.05) is 18.4 Å². The lowest BCUT2D eigenvalue weighted by molar-refractivity contribution is 0.0991. The highest BCUT2D eigenvalue weighted by atomic mass is 35.5. The van der Waals surface area contributed by atoms with Gasteiger partial charge in [-0.2, -0.15) is 0 Å². The summed E-state index contributed by atoms with van der Waals surface area (Å²) in [6.45, 7) is 5.83. The molecular weight excluding hydrogens is 298 g/mol. The zero-order valence-corrected chi connectivity index (χ0v) is 13.6. The normalized spacial score (nSPS) is 22.9. The minimum atomic E-state index is -2.98. The minimum absolute atomic E-state index is 0.111. The van der Waals surface area contributed by atoms with Crippen LogP contribution < -0.4 is 0 Å². The number of hydrogen-bond acceptors (Lipinski definition) is 3. The Hall–Kier alpha value is -0.810. The molecule has 2 unspecified atom stereocenters. The average molecular weight is 318 g/mol. The third kappa shape index (κ3) is 2.79. The Morgan fingerprint density at radius 1 is 1.50 bits per heavy atom. The van der Waals surface area contributed by atoms with Crippen LogP contribution in [0.4, 0.5) is 0 Å². The van der Waals surface area contributed by atoms with Crippen LogP contribution in [0.5, 0.6) is 0 Å². The number of hydrogen-bond donors (Lipinski definition) is 0. The summed E-state index contributed by atoms with van der Waals surface area (Å²) in [5.74, 6) is 0.168. The van der Waals surface area contributed by atoms with Gasteiger partial charge in [0.25, 0.3) is 0 Å². The van der Waals surface area contributed by atoms with Crippen LogP contribution >= 0.6 is 11.6 Å². The molecule has 0 aromatic carbocycles. The summed E-state index contributed by atoms with van der Waals surface area (Å²) in [7, 11) is -2.98. The van der Waals surface area contributed by atoms with Crippen LogP contribution in [0.1, 0.15) is 41.5 Å². The van der Waals surface area contributed by atoms with Gasteiger partial charge in [-0.05, 0) is 39.7 Å². The molecule has 1 aromatic heterocycles. The first-order valence-corrected chi connectivity index (χ1v) is 8.96. The number of alkyl halides is 1. The fraction of sp³-hybridized carbons (Fsp3) is 0.643. The second kappa shape index (κ2) is 5.53. The van der Waals surface area contributed by atoms with Gasteiger partial charge in [-0.15, -0.1) is 11.6 Å². The van der Waals surface area contributed by atoms with Gasteiger partial charge in [0, 0.05) is 23.5 Å². The molecule has 0 aliphatic carbocycles. The summed E-state index contributed by atoms with van der Waals surface area (Å²) < 4.78 is 25.8. The number of carbonyl (C=O) groups is 1. The second-order valence-corrected chi connectivity index (χ2v) is 8.56. The maximum atomic E-state index is 12.0. The molecule has 0 bridgehead atoms. The summed E-state index contributed by atoms with van der Waals surface area (Å²) in [5, 5.41) is -0.900. The molecule has 20 heavy (non-hydrogen) atoms. The Morgan fingerprint density at radius 2 is 2.15 bits per heavy atom. The van der Waals surface area contributed by atoms with Crippen molar-refractivity contribution in [2.75, 3.05) is 5.75 Å². The number of rotatable bonds is 4. The standard InChI is InChI=1S/C14H20ClNO3S/c1-9-7-13(14(17)10(2)15)11(3)16(9)8-12-5-4-6-20(12,18)19/h7,10,12H,4-6,8H2,1-3H3. The van der Waals surface area contributed by atoms with E-state index in [-0.39, 0.29) is 16.8 Å². The van der Waals surface area contributed by atoms with E-state index in [0.29, 0.717) is 18.5 Å². The van der Waals surface area contributed by atoms with Gasteiger partial charge in [-0.1, -0.05) is 0 Å². The highest BCUT2D eigenvalue weighted by Crippen LogP contribution is 2.25. The van der Waals surface area contributed by atoms with E-state index in [1.165, 1.54) is 0 Å². The van der Waals surface area contributed by atoms with Gasteiger partial charge >= 0.3 is 0 Å². The van der Waals surface area contributed by atoms with E-state index >= 15 is 0 Å². The van der Waals surface area contributed by atoms with Crippen molar-refractivity contribution in [3.63, 3.8) is 0 Å². The van der Waals surface area contributed by atoms with Crippen molar-refractivity contribution in [3.8, 4) is 0 Å². The van der Waals surface area contributed by atoms with E-state index in [1.54, 1.807) is 13.0 Å². The van der Waals surface area contributed by atoms with E-state index in [2.05, 4.69) is 0 Å². The number of carbonyl (C=O) groups excluding carboxylic acids is 1. The Balaban J connectivity index is 2.32. The first kappa shape index (κ1) is 15.6. The maximum absolute atomic E-state index is 12.0. The summed E-state index contributed by atoms with van der Waals surface area (Å²) in [4.78, 5) is 12.0. The van der Waals surface area contributed by atoms with Crippen molar-refractivity contribution >= 4 is 27.2 Å². The monoisotopic (exact) mass is 317 g/mol. The third-order valence-electron chi connectivity index (χ3n) is 4.05. The summed E-state index contributed by atoms with van der Waals surface area (Å²) in [6.07, 6.45) is 1.44. The van der Waals surface area contributed by atoms with Crippen LogP contribution in [0.15, 0.2) is 6.07 Å².